The molecule has 2 amide bonds. The molecule has 1 aliphatic rings. The molecule has 35 heavy (non-hydrogen) atoms. The lowest BCUT2D eigenvalue weighted by atomic mass is 10.1. The zero-order valence-electron chi connectivity index (χ0n) is 19.8. The fourth-order valence-electron chi connectivity index (χ4n) is 3.81. The van der Waals surface area contributed by atoms with Crippen LogP contribution in [0.25, 0.3) is 0 Å². The van der Waals surface area contributed by atoms with E-state index < -0.39 is 24.3 Å². The third kappa shape index (κ3) is 8.34. The smallest absolute Gasteiger partial charge is 0.251 e. The molecule has 184 valence electrons. The topological polar surface area (TPSA) is 125 Å². The Bertz CT molecular complexity index is 1060. The molecule has 8 nitrogen and oxygen atoms in total. The van der Waals surface area contributed by atoms with Crippen LogP contribution in [0.2, 0.25) is 0 Å². The van der Waals surface area contributed by atoms with Crippen LogP contribution < -0.4 is 16.4 Å². The van der Waals surface area contributed by atoms with Gasteiger partial charge in [-0.15, -0.1) is 0 Å². The second-order valence-electron chi connectivity index (χ2n) is 8.53. The van der Waals surface area contributed by atoms with Crippen LogP contribution in [0.4, 0.5) is 5.69 Å². The Morgan fingerprint density at radius 3 is 2.03 bits per heavy atom. The second kappa shape index (κ2) is 13.4. The minimum absolute atomic E-state index is 0.00614. The van der Waals surface area contributed by atoms with E-state index >= 15 is 0 Å². The Labute approximate surface area is 205 Å². The van der Waals surface area contributed by atoms with Crippen molar-refractivity contribution in [3.05, 3.63) is 65.2 Å². The molecule has 0 unspecified atom stereocenters. The zero-order chi connectivity index (χ0) is 25.0. The standard InChI is InChI=1S/C27H32N4O4/c28-17-24(25(33)19-32)30-27(35)22-11-7-20(8-12-22)5-6-21-9-13-23(14-10-21)29-26(34)18-31-15-3-1-2-4-16-31/h7-14,24,32H,1-4,15-19,28H2,(H,29,34)(H,30,35)/t24-/m0/s1. The lowest BCUT2D eigenvalue weighted by Gasteiger charge is -2.18. The van der Waals surface area contributed by atoms with E-state index in [4.69, 9.17) is 10.8 Å². The summed E-state index contributed by atoms with van der Waals surface area (Å²) in [5.41, 5.74) is 8.10. The highest BCUT2D eigenvalue weighted by Gasteiger charge is 2.19. The number of carbonyl (C=O) groups is 3. The van der Waals surface area contributed by atoms with Gasteiger partial charge in [-0.05, 0) is 74.5 Å². The summed E-state index contributed by atoms with van der Waals surface area (Å²) in [5, 5.41) is 14.4. The maximum Gasteiger partial charge on any atom is 0.251 e. The number of Topliss-reactive ketones (excluding diaryl/α,β-unsaturated/α-hetero) is 1. The SMILES string of the molecule is NC[C@H](NC(=O)c1ccc(C#Cc2ccc(NC(=O)CN3CCCCCC3)cc2)cc1)C(=O)CO. The first-order valence-corrected chi connectivity index (χ1v) is 11.9. The molecule has 1 aliphatic heterocycles. The van der Waals surface area contributed by atoms with E-state index in [1.165, 1.54) is 12.8 Å². The van der Waals surface area contributed by atoms with Gasteiger partial charge >= 0.3 is 0 Å². The van der Waals surface area contributed by atoms with Gasteiger partial charge in [-0.1, -0.05) is 24.7 Å². The minimum Gasteiger partial charge on any atom is -0.388 e. The van der Waals surface area contributed by atoms with Crippen LogP contribution in [0.3, 0.4) is 0 Å². The number of aliphatic hydroxyl groups excluding tert-OH is 1. The van der Waals surface area contributed by atoms with E-state index in [1.54, 1.807) is 24.3 Å². The molecule has 1 atom stereocenters. The Hall–Kier alpha value is -3.51. The monoisotopic (exact) mass is 476 g/mol. The fourth-order valence-corrected chi connectivity index (χ4v) is 3.81. The van der Waals surface area contributed by atoms with Crippen LogP contribution in [0.1, 0.15) is 47.2 Å². The zero-order valence-corrected chi connectivity index (χ0v) is 19.8. The second-order valence-corrected chi connectivity index (χ2v) is 8.53. The number of anilines is 1. The number of rotatable bonds is 8. The molecule has 5 N–H and O–H groups in total. The molecule has 0 spiro atoms. The van der Waals surface area contributed by atoms with Crippen molar-refractivity contribution in [1.29, 1.82) is 0 Å². The lowest BCUT2D eigenvalue weighted by Crippen LogP contribution is -2.46. The predicted molar refractivity (Wildman–Crippen MR) is 135 cm³/mol. The number of aliphatic hydroxyl groups is 1. The Morgan fingerprint density at radius 2 is 1.49 bits per heavy atom. The molecule has 0 bridgehead atoms. The average molecular weight is 477 g/mol. The number of nitrogens with one attached hydrogen (secondary N) is 2. The number of carbonyl (C=O) groups excluding carboxylic acids is 3. The Kier molecular flexibility index (Phi) is 9.99. The average Bonchev–Trinajstić information content (AvgIpc) is 3.15. The predicted octanol–water partition coefficient (Wildman–Crippen LogP) is 1.52. The van der Waals surface area contributed by atoms with Gasteiger partial charge in [0.15, 0.2) is 5.78 Å². The molecule has 2 aromatic carbocycles. The summed E-state index contributed by atoms with van der Waals surface area (Å²) in [6.07, 6.45) is 4.78. The van der Waals surface area contributed by atoms with E-state index in [1.807, 2.05) is 24.3 Å². The van der Waals surface area contributed by atoms with Crippen LogP contribution in [-0.4, -0.2) is 66.4 Å². The number of hydrogen-bond donors (Lipinski definition) is 4. The summed E-state index contributed by atoms with van der Waals surface area (Å²) >= 11 is 0. The molecule has 8 heteroatoms. The van der Waals surface area contributed by atoms with Gasteiger partial charge in [0.1, 0.15) is 12.6 Å². The Morgan fingerprint density at radius 1 is 0.914 bits per heavy atom. The maximum atomic E-state index is 12.3. The number of benzene rings is 2. The molecule has 0 saturated carbocycles. The summed E-state index contributed by atoms with van der Waals surface area (Å²) in [7, 11) is 0. The van der Waals surface area contributed by atoms with Crippen LogP contribution in [0.5, 0.6) is 0 Å². The van der Waals surface area contributed by atoms with Gasteiger partial charge in [0, 0.05) is 28.9 Å². The van der Waals surface area contributed by atoms with Crippen molar-refractivity contribution in [1.82, 2.24) is 10.2 Å². The number of likely N-dealkylation sites (tertiary alicyclic amines) is 1. The highest BCUT2D eigenvalue weighted by molar-refractivity contribution is 5.98. The normalized spacial score (nSPS) is 14.7. The van der Waals surface area contributed by atoms with Crippen molar-refractivity contribution in [2.45, 2.75) is 31.7 Å². The van der Waals surface area contributed by atoms with Crippen LogP contribution in [0.15, 0.2) is 48.5 Å². The van der Waals surface area contributed by atoms with Crippen molar-refractivity contribution >= 4 is 23.3 Å². The highest BCUT2D eigenvalue weighted by atomic mass is 16.3. The van der Waals surface area contributed by atoms with E-state index in [0.717, 1.165) is 42.7 Å². The Balaban J connectivity index is 1.53. The first-order chi connectivity index (χ1) is 17.0. The quantitative estimate of drug-likeness (QED) is 0.428. The number of ketones is 1. The fraction of sp³-hybridized carbons (Fsp3) is 0.370. The molecule has 1 heterocycles. The van der Waals surface area contributed by atoms with E-state index in [2.05, 4.69) is 27.4 Å². The van der Waals surface area contributed by atoms with Gasteiger partial charge in [-0.25, -0.2) is 0 Å². The van der Waals surface area contributed by atoms with E-state index in [0.29, 0.717) is 12.1 Å². The first-order valence-electron chi connectivity index (χ1n) is 11.9. The van der Waals surface area contributed by atoms with Gasteiger partial charge in [-0.3, -0.25) is 19.3 Å². The molecule has 0 aromatic heterocycles. The molecular weight excluding hydrogens is 444 g/mol. The van der Waals surface area contributed by atoms with Gasteiger partial charge in [-0.2, -0.15) is 0 Å². The summed E-state index contributed by atoms with van der Waals surface area (Å²) in [4.78, 5) is 38.4. The summed E-state index contributed by atoms with van der Waals surface area (Å²) in [5.74, 6) is 5.12. The summed E-state index contributed by atoms with van der Waals surface area (Å²) < 4.78 is 0. The van der Waals surface area contributed by atoms with E-state index in [9.17, 15) is 14.4 Å². The number of amides is 2. The van der Waals surface area contributed by atoms with Gasteiger partial charge in [0.05, 0.1) is 6.54 Å². The summed E-state index contributed by atoms with van der Waals surface area (Å²) in [6.45, 7) is 1.61. The molecule has 1 fully saturated rings. The van der Waals surface area contributed by atoms with Gasteiger partial charge in [0.2, 0.25) is 5.91 Å². The molecular formula is C27H32N4O4. The van der Waals surface area contributed by atoms with E-state index in [-0.39, 0.29) is 12.5 Å². The third-order valence-corrected chi connectivity index (χ3v) is 5.82. The highest BCUT2D eigenvalue weighted by Crippen LogP contribution is 2.12. The number of nitrogens with two attached hydrogens (primary N) is 1. The van der Waals surface area contributed by atoms with Crippen molar-refractivity contribution in [3.8, 4) is 11.8 Å². The summed E-state index contributed by atoms with van der Waals surface area (Å²) in [6, 6.07) is 13.1. The number of nitrogens with zero attached hydrogens (tertiary/aromatic N) is 1. The molecule has 1 saturated heterocycles. The van der Waals surface area contributed by atoms with Crippen molar-refractivity contribution in [3.63, 3.8) is 0 Å². The van der Waals surface area contributed by atoms with Crippen LogP contribution in [0, 0.1) is 11.8 Å². The molecule has 0 aliphatic carbocycles. The molecule has 3 rings (SSSR count). The molecule has 0 radical (unpaired) electrons. The number of hydrogen-bond acceptors (Lipinski definition) is 6. The van der Waals surface area contributed by atoms with Crippen molar-refractivity contribution < 1.29 is 19.5 Å². The van der Waals surface area contributed by atoms with Gasteiger partial charge < -0.3 is 21.5 Å². The molecule has 2 aromatic rings. The maximum absolute atomic E-state index is 12.3. The van der Waals surface area contributed by atoms with Gasteiger partial charge in [0.25, 0.3) is 5.91 Å². The van der Waals surface area contributed by atoms with Crippen molar-refractivity contribution in [2.24, 2.45) is 5.73 Å². The third-order valence-electron chi connectivity index (χ3n) is 5.82. The first kappa shape index (κ1) is 26.1. The van der Waals surface area contributed by atoms with Crippen molar-refractivity contribution in [2.75, 3.05) is 38.1 Å². The minimum atomic E-state index is -0.922. The largest absolute Gasteiger partial charge is 0.388 e. The van der Waals surface area contributed by atoms with Crippen LogP contribution in [-0.2, 0) is 9.59 Å². The van der Waals surface area contributed by atoms with Crippen LogP contribution >= 0.6 is 0 Å². The lowest BCUT2D eigenvalue weighted by molar-refractivity contribution is -0.123.